The molecule has 0 spiro atoms. The van der Waals surface area contributed by atoms with E-state index in [1.165, 1.54) is 18.2 Å². The molecule has 3 rings (SSSR count). The summed E-state index contributed by atoms with van der Waals surface area (Å²) < 4.78 is 5.60. The van der Waals surface area contributed by atoms with E-state index < -0.39 is 5.97 Å². The fraction of sp³-hybridized carbons (Fsp3) is 0.211. The minimum absolute atomic E-state index is 0.192. The molecular formula is C19H18O4. The fourth-order valence-electron chi connectivity index (χ4n) is 2.45. The van der Waals surface area contributed by atoms with Crippen LogP contribution in [0.2, 0.25) is 0 Å². The van der Waals surface area contributed by atoms with Crippen molar-refractivity contribution in [2.24, 2.45) is 5.92 Å². The van der Waals surface area contributed by atoms with Gasteiger partial charge in [0.05, 0.1) is 0 Å². The molecule has 0 aromatic heterocycles. The van der Waals surface area contributed by atoms with Crippen molar-refractivity contribution >= 4 is 12.0 Å². The molecule has 1 aliphatic carbocycles. The van der Waals surface area contributed by atoms with Crippen LogP contribution in [0.3, 0.4) is 0 Å². The van der Waals surface area contributed by atoms with Gasteiger partial charge in [-0.25, -0.2) is 4.79 Å². The number of ether oxygens (including phenoxy) is 1. The van der Waals surface area contributed by atoms with E-state index in [0.29, 0.717) is 11.5 Å². The molecule has 2 aromatic carbocycles. The van der Waals surface area contributed by atoms with Gasteiger partial charge in [0.1, 0.15) is 6.10 Å². The Bertz CT molecular complexity index is 717. The van der Waals surface area contributed by atoms with Crippen molar-refractivity contribution in [1.29, 1.82) is 0 Å². The molecule has 118 valence electrons. The molecule has 4 nitrogen and oxygen atoms in total. The van der Waals surface area contributed by atoms with Crippen LogP contribution in [0.4, 0.5) is 0 Å². The van der Waals surface area contributed by atoms with Gasteiger partial charge in [-0.2, -0.15) is 0 Å². The van der Waals surface area contributed by atoms with Crippen LogP contribution < -0.4 is 0 Å². The lowest BCUT2D eigenvalue weighted by atomic mass is 10.1. The average molecular weight is 310 g/mol. The first-order chi connectivity index (χ1) is 11.1. The van der Waals surface area contributed by atoms with Gasteiger partial charge in [0.25, 0.3) is 0 Å². The number of hydrogen-bond donors (Lipinski definition) is 2. The molecule has 0 radical (unpaired) electrons. The van der Waals surface area contributed by atoms with E-state index in [-0.39, 0.29) is 17.6 Å². The van der Waals surface area contributed by atoms with Gasteiger partial charge >= 0.3 is 5.97 Å². The van der Waals surface area contributed by atoms with Crippen LogP contribution in [0.1, 0.15) is 30.1 Å². The zero-order valence-corrected chi connectivity index (χ0v) is 12.6. The molecule has 2 N–H and O–H groups in total. The molecule has 23 heavy (non-hydrogen) atoms. The summed E-state index contributed by atoms with van der Waals surface area (Å²) in [6.07, 6.45) is 4.83. The van der Waals surface area contributed by atoms with Crippen molar-refractivity contribution in [2.75, 3.05) is 0 Å². The molecule has 1 fully saturated rings. The van der Waals surface area contributed by atoms with Crippen LogP contribution in [0, 0.1) is 5.92 Å². The summed E-state index contributed by atoms with van der Waals surface area (Å²) in [5.41, 5.74) is 1.62. The second kappa shape index (κ2) is 6.57. The molecule has 0 bridgehead atoms. The fourth-order valence-corrected chi connectivity index (χ4v) is 2.45. The SMILES string of the molecule is O=C(/C=C/c1ccc(O)c(O)c1)O[C@H](c1ccccc1)C1CC1. The number of aromatic hydroxyl groups is 2. The van der Waals surface area contributed by atoms with E-state index in [2.05, 4.69) is 0 Å². The molecule has 4 heteroatoms. The van der Waals surface area contributed by atoms with Crippen LogP contribution in [0.15, 0.2) is 54.6 Å². The van der Waals surface area contributed by atoms with Gasteiger partial charge in [-0.1, -0.05) is 36.4 Å². The molecule has 0 heterocycles. The van der Waals surface area contributed by atoms with Crippen molar-refractivity contribution in [3.05, 3.63) is 65.7 Å². The molecule has 0 amide bonds. The Morgan fingerprint density at radius 3 is 2.48 bits per heavy atom. The number of carbonyl (C=O) groups is 1. The third-order valence-electron chi connectivity index (χ3n) is 3.83. The van der Waals surface area contributed by atoms with Gasteiger partial charge in [-0.15, -0.1) is 0 Å². The first-order valence-electron chi connectivity index (χ1n) is 7.59. The minimum atomic E-state index is -0.418. The minimum Gasteiger partial charge on any atom is -0.504 e. The van der Waals surface area contributed by atoms with E-state index >= 15 is 0 Å². The molecule has 0 aliphatic heterocycles. The predicted molar refractivity (Wildman–Crippen MR) is 86.8 cm³/mol. The van der Waals surface area contributed by atoms with Crippen LogP contribution in [-0.4, -0.2) is 16.2 Å². The highest BCUT2D eigenvalue weighted by Crippen LogP contribution is 2.43. The van der Waals surface area contributed by atoms with Gasteiger partial charge in [0, 0.05) is 12.0 Å². The van der Waals surface area contributed by atoms with Crippen LogP contribution in [-0.2, 0) is 9.53 Å². The van der Waals surface area contributed by atoms with Gasteiger partial charge in [-0.3, -0.25) is 0 Å². The number of hydrogen-bond acceptors (Lipinski definition) is 4. The summed E-state index contributed by atoms with van der Waals surface area (Å²) in [6.45, 7) is 0. The number of esters is 1. The molecule has 1 saturated carbocycles. The zero-order chi connectivity index (χ0) is 16.2. The topological polar surface area (TPSA) is 66.8 Å². The highest BCUT2D eigenvalue weighted by molar-refractivity contribution is 5.87. The van der Waals surface area contributed by atoms with E-state index in [0.717, 1.165) is 18.4 Å². The lowest BCUT2D eigenvalue weighted by Gasteiger charge is -2.16. The molecule has 1 aliphatic rings. The predicted octanol–water partition coefficient (Wildman–Crippen LogP) is 3.81. The lowest BCUT2D eigenvalue weighted by molar-refractivity contribution is -0.144. The van der Waals surface area contributed by atoms with Crippen molar-refractivity contribution in [2.45, 2.75) is 18.9 Å². The summed E-state index contributed by atoms with van der Waals surface area (Å²) in [4.78, 5) is 12.1. The van der Waals surface area contributed by atoms with Crippen LogP contribution >= 0.6 is 0 Å². The standard InChI is InChI=1S/C19H18O4/c20-16-10-6-13(12-17(16)21)7-11-18(22)23-19(15-8-9-15)14-4-2-1-3-5-14/h1-7,10-12,15,19-21H,8-9H2/b11-7+/t19-/m1/s1. The number of phenols is 2. The maximum Gasteiger partial charge on any atom is 0.331 e. The van der Waals surface area contributed by atoms with Gasteiger partial charge in [0.15, 0.2) is 11.5 Å². The van der Waals surface area contributed by atoms with Gasteiger partial charge in [-0.05, 0) is 42.2 Å². The molecular weight excluding hydrogens is 292 g/mol. The second-order valence-electron chi connectivity index (χ2n) is 5.69. The number of phenolic OH excluding ortho intramolecular Hbond substituents is 2. The normalized spacial score (nSPS) is 15.5. The summed E-state index contributed by atoms with van der Waals surface area (Å²) >= 11 is 0. The van der Waals surface area contributed by atoms with Gasteiger partial charge in [0.2, 0.25) is 0 Å². The molecule has 0 unspecified atom stereocenters. The third kappa shape index (κ3) is 3.92. The van der Waals surface area contributed by atoms with Gasteiger partial charge < -0.3 is 14.9 Å². The van der Waals surface area contributed by atoms with E-state index in [4.69, 9.17) is 4.74 Å². The quantitative estimate of drug-likeness (QED) is 0.501. The summed E-state index contributed by atoms with van der Waals surface area (Å²) in [7, 11) is 0. The van der Waals surface area contributed by atoms with Crippen molar-refractivity contribution in [3.8, 4) is 11.5 Å². The molecule has 0 saturated heterocycles. The summed E-state index contributed by atoms with van der Waals surface area (Å²) in [5, 5.41) is 18.7. The maximum atomic E-state index is 12.1. The summed E-state index contributed by atoms with van der Waals surface area (Å²) in [5.74, 6) is -0.436. The molecule has 1 atom stereocenters. The number of rotatable bonds is 5. The Morgan fingerprint density at radius 2 is 1.83 bits per heavy atom. The highest BCUT2D eigenvalue weighted by atomic mass is 16.5. The van der Waals surface area contributed by atoms with Crippen molar-refractivity contribution < 1.29 is 19.7 Å². The number of carbonyl (C=O) groups excluding carboxylic acids is 1. The maximum absolute atomic E-state index is 12.1. The van der Waals surface area contributed by atoms with Crippen LogP contribution in [0.25, 0.3) is 6.08 Å². The number of benzene rings is 2. The Hall–Kier alpha value is -2.75. The Morgan fingerprint density at radius 1 is 1.09 bits per heavy atom. The zero-order valence-electron chi connectivity index (χ0n) is 12.6. The first kappa shape index (κ1) is 15.2. The largest absolute Gasteiger partial charge is 0.504 e. The van der Waals surface area contributed by atoms with Crippen molar-refractivity contribution in [1.82, 2.24) is 0 Å². The third-order valence-corrected chi connectivity index (χ3v) is 3.83. The van der Waals surface area contributed by atoms with E-state index in [1.54, 1.807) is 12.1 Å². The van der Waals surface area contributed by atoms with Crippen molar-refractivity contribution in [3.63, 3.8) is 0 Å². The smallest absolute Gasteiger partial charge is 0.331 e. The highest BCUT2D eigenvalue weighted by Gasteiger charge is 2.34. The Labute approximate surface area is 134 Å². The average Bonchev–Trinajstić information content (AvgIpc) is 3.39. The first-order valence-corrected chi connectivity index (χ1v) is 7.59. The summed E-state index contributed by atoms with van der Waals surface area (Å²) in [6, 6.07) is 14.1. The second-order valence-corrected chi connectivity index (χ2v) is 5.69. The van der Waals surface area contributed by atoms with Crippen LogP contribution in [0.5, 0.6) is 11.5 Å². The Balaban J connectivity index is 1.67. The monoisotopic (exact) mass is 310 g/mol. The van der Waals surface area contributed by atoms with E-state index in [1.807, 2.05) is 30.3 Å². The molecule has 2 aromatic rings. The Kier molecular flexibility index (Phi) is 4.33. The lowest BCUT2D eigenvalue weighted by Crippen LogP contribution is -2.11. The van der Waals surface area contributed by atoms with E-state index in [9.17, 15) is 15.0 Å².